The monoisotopic (exact) mass is 378 g/mol. The highest BCUT2D eigenvalue weighted by atomic mass is 79.9. The Bertz CT molecular complexity index is 604. The molecule has 22 heavy (non-hydrogen) atoms. The van der Waals surface area contributed by atoms with Crippen LogP contribution in [-0.4, -0.2) is 17.6 Å². The van der Waals surface area contributed by atoms with Crippen LogP contribution < -0.4 is 4.74 Å². The lowest BCUT2D eigenvalue weighted by atomic mass is 9.85. The molecule has 1 aromatic rings. The molecule has 0 fully saturated rings. The number of halogens is 4. The van der Waals surface area contributed by atoms with E-state index in [1.165, 1.54) is 12.1 Å². The Morgan fingerprint density at radius 1 is 1.18 bits per heavy atom. The zero-order valence-corrected chi connectivity index (χ0v) is 14.4. The first-order valence-corrected chi connectivity index (χ1v) is 7.64. The maximum Gasteiger partial charge on any atom is 0.573 e. The molecule has 0 radical (unpaired) electrons. The van der Waals surface area contributed by atoms with E-state index in [1.807, 2.05) is 33.8 Å². The van der Waals surface area contributed by atoms with Crippen molar-refractivity contribution in [1.29, 1.82) is 0 Å². The maximum atomic E-state index is 12.6. The van der Waals surface area contributed by atoms with Crippen LogP contribution in [0.15, 0.2) is 28.7 Å². The summed E-state index contributed by atoms with van der Waals surface area (Å²) >= 11 is 3.30. The van der Waals surface area contributed by atoms with Gasteiger partial charge in [-0.2, -0.15) is 0 Å². The van der Waals surface area contributed by atoms with Gasteiger partial charge in [0, 0.05) is 16.5 Å². The third-order valence-electron chi connectivity index (χ3n) is 3.19. The molecule has 0 spiro atoms. The SMILES string of the molecule is CC1(C)C=C(c2cc(Br)ccc2OC(F)(F)F)CC(C)(C)O1. The summed E-state index contributed by atoms with van der Waals surface area (Å²) < 4.78 is 48.6. The van der Waals surface area contributed by atoms with Crippen molar-refractivity contribution in [1.82, 2.24) is 0 Å². The highest BCUT2D eigenvalue weighted by molar-refractivity contribution is 9.10. The highest BCUT2D eigenvalue weighted by Crippen LogP contribution is 2.42. The third kappa shape index (κ3) is 4.49. The van der Waals surface area contributed by atoms with E-state index in [1.54, 1.807) is 6.07 Å². The fourth-order valence-corrected chi connectivity index (χ4v) is 3.21. The standard InChI is InChI=1S/C16H18BrF3O2/c1-14(2)8-10(9-15(3,4)22-14)12-7-11(17)5-6-13(12)21-16(18,19)20/h5-8H,9H2,1-4H3. The van der Waals surface area contributed by atoms with Crippen LogP contribution >= 0.6 is 15.9 Å². The number of ether oxygens (including phenoxy) is 2. The molecule has 1 aliphatic heterocycles. The molecule has 2 nitrogen and oxygen atoms in total. The third-order valence-corrected chi connectivity index (χ3v) is 3.68. The molecular weight excluding hydrogens is 361 g/mol. The second-order valence-corrected chi connectivity index (χ2v) is 7.42. The van der Waals surface area contributed by atoms with Crippen LogP contribution in [0.5, 0.6) is 5.75 Å². The molecule has 1 aromatic carbocycles. The minimum atomic E-state index is -4.72. The Morgan fingerprint density at radius 2 is 1.82 bits per heavy atom. The molecule has 0 aliphatic carbocycles. The first-order chi connectivity index (χ1) is 9.87. The Morgan fingerprint density at radius 3 is 2.36 bits per heavy atom. The summed E-state index contributed by atoms with van der Waals surface area (Å²) in [6.45, 7) is 7.61. The van der Waals surface area contributed by atoms with E-state index >= 15 is 0 Å². The predicted octanol–water partition coefficient (Wildman–Crippen LogP) is 5.71. The Kier molecular flexibility index (Phi) is 4.39. The first kappa shape index (κ1) is 17.3. The topological polar surface area (TPSA) is 18.5 Å². The molecule has 0 amide bonds. The van der Waals surface area contributed by atoms with Crippen LogP contribution in [0.25, 0.3) is 5.57 Å². The average Bonchev–Trinajstić information content (AvgIpc) is 2.25. The molecule has 0 unspecified atom stereocenters. The van der Waals surface area contributed by atoms with Crippen molar-refractivity contribution >= 4 is 21.5 Å². The minimum absolute atomic E-state index is 0.199. The summed E-state index contributed by atoms with van der Waals surface area (Å²) in [5.74, 6) is -0.199. The van der Waals surface area contributed by atoms with Gasteiger partial charge in [0.1, 0.15) is 5.75 Å². The minimum Gasteiger partial charge on any atom is -0.405 e. The van der Waals surface area contributed by atoms with Crippen LogP contribution in [0.2, 0.25) is 0 Å². The predicted molar refractivity (Wildman–Crippen MR) is 82.7 cm³/mol. The quantitative estimate of drug-likeness (QED) is 0.656. The summed E-state index contributed by atoms with van der Waals surface area (Å²) in [4.78, 5) is 0. The van der Waals surface area contributed by atoms with Crippen molar-refractivity contribution in [2.45, 2.75) is 51.7 Å². The molecular formula is C16H18BrF3O2. The van der Waals surface area contributed by atoms with Crippen LogP contribution in [0, 0.1) is 0 Å². The van der Waals surface area contributed by atoms with Crippen molar-refractivity contribution in [3.05, 3.63) is 34.3 Å². The zero-order chi connectivity index (χ0) is 16.8. The highest BCUT2D eigenvalue weighted by Gasteiger charge is 2.37. The average molecular weight is 379 g/mol. The van der Waals surface area contributed by atoms with Gasteiger partial charge in [0.05, 0.1) is 11.2 Å². The lowest BCUT2D eigenvalue weighted by Crippen LogP contribution is -2.39. The van der Waals surface area contributed by atoms with Crippen molar-refractivity contribution in [3.8, 4) is 5.75 Å². The van der Waals surface area contributed by atoms with Gasteiger partial charge in [-0.15, -0.1) is 13.2 Å². The number of hydrogen-bond donors (Lipinski definition) is 0. The lowest BCUT2D eigenvalue weighted by Gasteiger charge is -2.40. The molecule has 0 N–H and O–H groups in total. The van der Waals surface area contributed by atoms with Crippen molar-refractivity contribution in [3.63, 3.8) is 0 Å². The molecule has 0 atom stereocenters. The molecule has 0 aromatic heterocycles. The number of hydrogen-bond acceptors (Lipinski definition) is 2. The van der Waals surface area contributed by atoms with Crippen LogP contribution in [0.1, 0.15) is 39.7 Å². The van der Waals surface area contributed by atoms with Crippen molar-refractivity contribution in [2.75, 3.05) is 0 Å². The van der Waals surface area contributed by atoms with Crippen molar-refractivity contribution < 1.29 is 22.6 Å². The summed E-state index contributed by atoms with van der Waals surface area (Å²) in [7, 11) is 0. The van der Waals surface area contributed by atoms with E-state index in [-0.39, 0.29) is 5.75 Å². The molecule has 6 heteroatoms. The van der Waals surface area contributed by atoms with Gasteiger partial charge >= 0.3 is 6.36 Å². The van der Waals surface area contributed by atoms with E-state index in [4.69, 9.17) is 4.74 Å². The Balaban J connectivity index is 2.51. The second kappa shape index (κ2) is 5.57. The maximum absolute atomic E-state index is 12.6. The fourth-order valence-electron chi connectivity index (χ4n) is 2.85. The van der Waals surface area contributed by atoms with Gasteiger partial charge in [0.2, 0.25) is 0 Å². The van der Waals surface area contributed by atoms with Gasteiger partial charge in [-0.1, -0.05) is 15.9 Å². The van der Waals surface area contributed by atoms with Gasteiger partial charge in [0.25, 0.3) is 0 Å². The van der Waals surface area contributed by atoms with Crippen LogP contribution in [-0.2, 0) is 4.74 Å². The van der Waals surface area contributed by atoms with Crippen LogP contribution in [0.4, 0.5) is 13.2 Å². The van der Waals surface area contributed by atoms with E-state index in [9.17, 15) is 13.2 Å². The van der Waals surface area contributed by atoms with E-state index < -0.39 is 17.6 Å². The van der Waals surface area contributed by atoms with E-state index in [0.717, 1.165) is 5.57 Å². The Labute approximate surface area is 136 Å². The Hall–Kier alpha value is -1.01. The summed E-state index contributed by atoms with van der Waals surface area (Å²) in [5.41, 5.74) is 0.179. The number of benzene rings is 1. The van der Waals surface area contributed by atoms with Crippen molar-refractivity contribution in [2.24, 2.45) is 0 Å². The first-order valence-electron chi connectivity index (χ1n) is 6.84. The molecule has 0 saturated carbocycles. The summed E-state index contributed by atoms with van der Waals surface area (Å²) in [6, 6.07) is 4.49. The second-order valence-electron chi connectivity index (χ2n) is 6.50. The molecule has 0 bridgehead atoms. The fraction of sp³-hybridized carbons (Fsp3) is 0.500. The van der Waals surface area contributed by atoms with Gasteiger partial charge in [0.15, 0.2) is 0 Å². The smallest absolute Gasteiger partial charge is 0.405 e. The molecule has 122 valence electrons. The molecule has 0 saturated heterocycles. The molecule has 1 heterocycles. The van der Waals surface area contributed by atoms with Crippen LogP contribution in [0.3, 0.4) is 0 Å². The van der Waals surface area contributed by atoms with Gasteiger partial charge in [-0.3, -0.25) is 0 Å². The lowest BCUT2D eigenvalue weighted by molar-refractivity contribution is -0.274. The molecule has 2 rings (SSSR count). The van der Waals surface area contributed by atoms with Gasteiger partial charge in [-0.05, 0) is 57.5 Å². The summed E-state index contributed by atoms with van der Waals surface area (Å²) in [5, 5.41) is 0. The summed E-state index contributed by atoms with van der Waals surface area (Å²) in [6.07, 6.45) is -2.37. The zero-order valence-electron chi connectivity index (χ0n) is 12.8. The molecule has 1 aliphatic rings. The largest absolute Gasteiger partial charge is 0.573 e. The van der Waals surface area contributed by atoms with E-state index in [0.29, 0.717) is 16.5 Å². The van der Waals surface area contributed by atoms with Gasteiger partial charge in [-0.25, -0.2) is 0 Å². The normalized spacial score (nSPS) is 20.5. The van der Waals surface area contributed by atoms with E-state index in [2.05, 4.69) is 20.7 Å². The number of rotatable bonds is 2. The number of alkyl halides is 3. The van der Waals surface area contributed by atoms with Gasteiger partial charge < -0.3 is 9.47 Å².